The summed E-state index contributed by atoms with van der Waals surface area (Å²) in [4.78, 5) is 11.7. The number of nitrogens with two attached hydrogens (primary N) is 1. The molecule has 5 heteroatoms. The molecule has 0 aliphatic rings. The summed E-state index contributed by atoms with van der Waals surface area (Å²) < 4.78 is 7.44. The number of amides is 1. The number of hydrogen-bond acceptors (Lipinski definition) is 3. The Labute approximate surface area is 134 Å². The number of nitrogens with zero attached hydrogens (tertiary/aromatic N) is 1. The van der Waals surface area contributed by atoms with Gasteiger partial charge in [0.1, 0.15) is 5.75 Å². The van der Waals surface area contributed by atoms with E-state index in [1.54, 1.807) is 7.11 Å². The number of hydrogen-bond donors (Lipinski definition) is 2. The van der Waals surface area contributed by atoms with Crippen LogP contribution in [0.3, 0.4) is 0 Å². The topological polar surface area (TPSA) is 69.3 Å². The summed E-state index contributed by atoms with van der Waals surface area (Å²) >= 11 is 0. The van der Waals surface area contributed by atoms with E-state index in [-0.39, 0.29) is 12.3 Å². The SMILES string of the molecule is COc1ccc2c(c1)c(CC(=O)NN)cn2Cc1ccccc1. The van der Waals surface area contributed by atoms with Crippen molar-refractivity contribution >= 4 is 16.8 Å². The first-order chi connectivity index (χ1) is 11.2. The Bertz CT molecular complexity index is 825. The molecule has 3 N–H and O–H groups in total. The van der Waals surface area contributed by atoms with Crippen LogP contribution in [0.5, 0.6) is 5.75 Å². The number of carbonyl (C=O) groups is 1. The second-order valence-electron chi connectivity index (χ2n) is 5.40. The van der Waals surface area contributed by atoms with E-state index in [0.717, 1.165) is 28.8 Å². The predicted octanol–water partition coefficient (Wildman–Crippen LogP) is 2.23. The van der Waals surface area contributed by atoms with E-state index in [4.69, 9.17) is 10.6 Å². The van der Waals surface area contributed by atoms with Crippen molar-refractivity contribution in [1.29, 1.82) is 0 Å². The largest absolute Gasteiger partial charge is 0.497 e. The molecule has 3 rings (SSSR count). The summed E-state index contributed by atoms with van der Waals surface area (Å²) in [7, 11) is 1.63. The number of ether oxygens (including phenoxy) is 1. The Morgan fingerprint density at radius 3 is 2.70 bits per heavy atom. The normalized spacial score (nSPS) is 10.7. The number of aromatic nitrogens is 1. The van der Waals surface area contributed by atoms with Gasteiger partial charge in [0.15, 0.2) is 0 Å². The number of benzene rings is 2. The van der Waals surface area contributed by atoms with Gasteiger partial charge in [0.25, 0.3) is 0 Å². The van der Waals surface area contributed by atoms with E-state index in [1.165, 1.54) is 5.56 Å². The van der Waals surface area contributed by atoms with Gasteiger partial charge in [0.2, 0.25) is 5.91 Å². The van der Waals surface area contributed by atoms with Gasteiger partial charge in [-0.3, -0.25) is 10.2 Å². The molecule has 0 saturated heterocycles. The van der Waals surface area contributed by atoms with E-state index in [2.05, 4.69) is 22.1 Å². The molecule has 0 saturated carbocycles. The van der Waals surface area contributed by atoms with Crippen molar-refractivity contribution in [3.63, 3.8) is 0 Å². The minimum absolute atomic E-state index is 0.216. The molecule has 0 fully saturated rings. The van der Waals surface area contributed by atoms with Gasteiger partial charge in [-0.15, -0.1) is 0 Å². The van der Waals surface area contributed by atoms with Crippen LogP contribution in [0.2, 0.25) is 0 Å². The highest BCUT2D eigenvalue weighted by atomic mass is 16.5. The Morgan fingerprint density at radius 1 is 1.22 bits per heavy atom. The van der Waals surface area contributed by atoms with Gasteiger partial charge in [-0.1, -0.05) is 30.3 Å². The van der Waals surface area contributed by atoms with Crippen LogP contribution in [0.15, 0.2) is 54.7 Å². The highest BCUT2D eigenvalue weighted by Gasteiger charge is 2.12. The van der Waals surface area contributed by atoms with Crippen molar-refractivity contribution in [2.75, 3.05) is 7.11 Å². The van der Waals surface area contributed by atoms with Gasteiger partial charge >= 0.3 is 0 Å². The van der Waals surface area contributed by atoms with Crippen LogP contribution in [-0.4, -0.2) is 17.6 Å². The highest BCUT2D eigenvalue weighted by Crippen LogP contribution is 2.27. The molecule has 0 aliphatic heterocycles. The molecule has 0 radical (unpaired) electrons. The summed E-state index contributed by atoms with van der Waals surface area (Å²) in [6, 6.07) is 16.1. The van der Waals surface area contributed by atoms with E-state index in [9.17, 15) is 4.79 Å². The monoisotopic (exact) mass is 309 g/mol. The summed E-state index contributed by atoms with van der Waals surface area (Å²) in [6.07, 6.45) is 2.24. The first kappa shape index (κ1) is 15.1. The van der Waals surface area contributed by atoms with Crippen LogP contribution in [0.25, 0.3) is 10.9 Å². The van der Waals surface area contributed by atoms with Crippen LogP contribution in [0.1, 0.15) is 11.1 Å². The van der Waals surface area contributed by atoms with Gasteiger partial charge in [0, 0.05) is 23.6 Å². The van der Waals surface area contributed by atoms with Crippen molar-refractivity contribution in [3.05, 3.63) is 65.9 Å². The standard InChI is InChI=1S/C18H19N3O2/c1-23-15-7-8-17-16(10-15)14(9-18(22)20-19)12-21(17)11-13-5-3-2-4-6-13/h2-8,10,12H,9,11,19H2,1H3,(H,20,22). The number of rotatable bonds is 5. The van der Waals surface area contributed by atoms with E-state index in [0.29, 0.717) is 0 Å². The molecule has 1 aromatic heterocycles. The third kappa shape index (κ3) is 3.19. The van der Waals surface area contributed by atoms with Crippen LogP contribution >= 0.6 is 0 Å². The van der Waals surface area contributed by atoms with Crippen LogP contribution in [0, 0.1) is 0 Å². The van der Waals surface area contributed by atoms with Gasteiger partial charge in [0.05, 0.1) is 13.5 Å². The predicted molar refractivity (Wildman–Crippen MR) is 90.1 cm³/mol. The average Bonchev–Trinajstić information content (AvgIpc) is 2.92. The lowest BCUT2D eigenvalue weighted by Gasteiger charge is -2.06. The molecule has 2 aromatic carbocycles. The fourth-order valence-electron chi connectivity index (χ4n) is 2.75. The van der Waals surface area contributed by atoms with Gasteiger partial charge in [-0.25, -0.2) is 5.84 Å². The zero-order chi connectivity index (χ0) is 16.2. The fraction of sp³-hybridized carbons (Fsp3) is 0.167. The van der Waals surface area contributed by atoms with Gasteiger partial charge in [-0.05, 0) is 29.3 Å². The number of hydrazine groups is 1. The molecule has 0 spiro atoms. The van der Waals surface area contributed by atoms with E-state index < -0.39 is 0 Å². The van der Waals surface area contributed by atoms with E-state index >= 15 is 0 Å². The Morgan fingerprint density at radius 2 is 2.00 bits per heavy atom. The van der Waals surface area contributed by atoms with Gasteiger partial charge < -0.3 is 9.30 Å². The van der Waals surface area contributed by atoms with E-state index in [1.807, 2.05) is 42.6 Å². The molecule has 23 heavy (non-hydrogen) atoms. The quantitative estimate of drug-likeness (QED) is 0.431. The maximum atomic E-state index is 11.7. The second kappa shape index (κ2) is 6.54. The van der Waals surface area contributed by atoms with Crippen molar-refractivity contribution in [3.8, 4) is 5.75 Å². The molecule has 3 aromatic rings. The third-order valence-electron chi connectivity index (χ3n) is 3.88. The summed E-state index contributed by atoms with van der Waals surface area (Å²) in [5, 5.41) is 1.00. The highest BCUT2D eigenvalue weighted by molar-refractivity contribution is 5.90. The number of carbonyl (C=O) groups excluding carboxylic acids is 1. The maximum absolute atomic E-state index is 11.7. The minimum Gasteiger partial charge on any atom is -0.497 e. The third-order valence-corrected chi connectivity index (χ3v) is 3.88. The smallest absolute Gasteiger partial charge is 0.238 e. The number of nitrogens with one attached hydrogen (secondary N) is 1. The molecule has 0 aliphatic carbocycles. The zero-order valence-corrected chi connectivity index (χ0v) is 13.0. The Kier molecular flexibility index (Phi) is 4.30. The molecule has 118 valence electrons. The molecule has 5 nitrogen and oxygen atoms in total. The Hall–Kier alpha value is -2.79. The molecular formula is C18H19N3O2. The minimum atomic E-state index is -0.216. The maximum Gasteiger partial charge on any atom is 0.238 e. The lowest BCUT2D eigenvalue weighted by atomic mass is 10.1. The molecular weight excluding hydrogens is 290 g/mol. The number of fused-ring (bicyclic) bond motifs is 1. The fourth-order valence-corrected chi connectivity index (χ4v) is 2.75. The molecule has 0 bridgehead atoms. The second-order valence-corrected chi connectivity index (χ2v) is 5.40. The van der Waals surface area contributed by atoms with Gasteiger partial charge in [-0.2, -0.15) is 0 Å². The van der Waals surface area contributed by atoms with Crippen molar-refractivity contribution in [2.45, 2.75) is 13.0 Å². The van der Waals surface area contributed by atoms with Crippen LogP contribution in [0.4, 0.5) is 0 Å². The summed E-state index contributed by atoms with van der Waals surface area (Å²) in [6.45, 7) is 0.744. The summed E-state index contributed by atoms with van der Waals surface area (Å²) in [5.74, 6) is 5.77. The molecule has 0 unspecified atom stereocenters. The molecule has 1 heterocycles. The molecule has 0 atom stereocenters. The van der Waals surface area contributed by atoms with Crippen LogP contribution in [-0.2, 0) is 17.8 Å². The number of methoxy groups -OCH3 is 1. The zero-order valence-electron chi connectivity index (χ0n) is 13.0. The lowest BCUT2D eigenvalue weighted by molar-refractivity contribution is -0.120. The molecule has 1 amide bonds. The lowest BCUT2D eigenvalue weighted by Crippen LogP contribution is -2.31. The van der Waals surface area contributed by atoms with Crippen molar-refractivity contribution in [1.82, 2.24) is 9.99 Å². The Balaban J connectivity index is 2.05. The summed E-state index contributed by atoms with van der Waals surface area (Å²) in [5.41, 5.74) is 5.38. The van der Waals surface area contributed by atoms with Crippen LogP contribution < -0.4 is 16.0 Å². The first-order valence-corrected chi connectivity index (χ1v) is 7.40. The first-order valence-electron chi connectivity index (χ1n) is 7.40. The van der Waals surface area contributed by atoms with Crippen molar-refractivity contribution < 1.29 is 9.53 Å². The van der Waals surface area contributed by atoms with Crippen molar-refractivity contribution in [2.24, 2.45) is 5.84 Å². The average molecular weight is 309 g/mol.